The van der Waals surface area contributed by atoms with E-state index in [1.54, 1.807) is 24.3 Å². The molecule has 2 atom stereocenters. The molecule has 9 heteroatoms. The molecule has 0 aliphatic carbocycles. The lowest BCUT2D eigenvalue weighted by molar-refractivity contribution is -0.126. The second-order valence-corrected chi connectivity index (χ2v) is 10.4. The van der Waals surface area contributed by atoms with Crippen LogP contribution in [0.2, 0.25) is 0 Å². The van der Waals surface area contributed by atoms with Gasteiger partial charge in [0.25, 0.3) is 0 Å². The third-order valence-electron chi connectivity index (χ3n) is 5.46. The largest absolute Gasteiger partial charge is 0.454 e. The Kier molecular flexibility index (Phi) is 6.04. The van der Waals surface area contributed by atoms with Gasteiger partial charge in [0.1, 0.15) is 0 Å². The van der Waals surface area contributed by atoms with Gasteiger partial charge in [-0.2, -0.15) is 4.31 Å². The van der Waals surface area contributed by atoms with Crippen molar-refractivity contribution in [3.05, 3.63) is 52.5 Å². The number of nitrogens with one attached hydrogen (secondary N) is 1. The summed E-state index contributed by atoms with van der Waals surface area (Å²) in [7, 11) is -3.63. The van der Waals surface area contributed by atoms with Gasteiger partial charge in [0.05, 0.1) is 16.9 Å². The first-order chi connectivity index (χ1) is 14.3. The fourth-order valence-corrected chi connectivity index (χ4v) is 5.52. The van der Waals surface area contributed by atoms with Crippen LogP contribution in [0.25, 0.3) is 0 Å². The molecule has 0 saturated carbocycles. The lowest BCUT2D eigenvalue weighted by Crippen LogP contribution is -2.45. The van der Waals surface area contributed by atoms with Crippen molar-refractivity contribution in [2.75, 3.05) is 19.9 Å². The lowest BCUT2D eigenvalue weighted by Gasteiger charge is -2.32. The molecule has 1 fully saturated rings. The summed E-state index contributed by atoms with van der Waals surface area (Å²) in [5, 5.41) is 3.01. The Morgan fingerprint density at radius 3 is 2.67 bits per heavy atom. The van der Waals surface area contributed by atoms with Crippen LogP contribution >= 0.6 is 15.9 Å². The quantitative estimate of drug-likeness (QED) is 0.687. The van der Waals surface area contributed by atoms with Crippen molar-refractivity contribution >= 4 is 31.9 Å². The summed E-state index contributed by atoms with van der Waals surface area (Å²) in [4.78, 5) is 13.1. The summed E-state index contributed by atoms with van der Waals surface area (Å²) in [5.41, 5.74) is 0.905. The van der Waals surface area contributed by atoms with Crippen molar-refractivity contribution < 1.29 is 22.7 Å². The molecule has 0 radical (unpaired) electrons. The van der Waals surface area contributed by atoms with Crippen LogP contribution in [0.4, 0.5) is 0 Å². The number of fused-ring (bicyclic) bond motifs is 1. The van der Waals surface area contributed by atoms with Gasteiger partial charge in [0.2, 0.25) is 22.7 Å². The van der Waals surface area contributed by atoms with Crippen LogP contribution < -0.4 is 14.8 Å². The number of ether oxygens (including phenoxy) is 2. The van der Waals surface area contributed by atoms with Crippen LogP contribution in [0.3, 0.4) is 0 Å². The van der Waals surface area contributed by atoms with E-state index in [9.17, 15) is 13.2 Å². The van der Waals surface area contributed by atoms with Crippen LogP contribution in [-0.4, -0.2) is 38.5 Å². The standard InChI is InChI=1S/C21H23BrN2O5S/c1-14(15-4-9-19-20(11-15)29-13-28-19)23-21(25)16-3-2-10-24(12-16)30(26,27)18-7-5-17(22)6-8-18/h4-9,11,14,16H,2-3,10,12-13H2,1H3,(H,23,25)/t14-,16+/m1/s1. The normalized spacial score (nSPS) is 20.0. The molecule has 0 spiro atoms. The maximum atomic E-state index is 13.0. The molecular formula is C21H23BrN2O5S. The third-order valence-corrected chi connectivity index (χ3v) is 7.87. The molecule has 4 rings (SSSR count). The highest BCUT2D eigenvalue weighted by molar-refractivity contribution is 9.10. The average molecular weight is 495 g/mol. The van der Waals surface area contributed by atoms with Gasteiger partial charge in [0, 0.05) is 17.6 Å². The van der Waals surface area contributed by atoms with Crippen molar-refractivity contribution in [3.63, 3.8) is 0 Å². The number of amides is 1. The lowest BCUT2D eigenvalue weighted by atomic mass is 9.98. The minimum absolute atomic E-state index is 0.143. The molecule has 0 bridgehead atoms. The minimum atomic E-state index is -3.63. The van der Waals surface area contributed by atoms with E-state index in [1.165, 1.54) is 4.31 Å². The first-order valence-corrected chi connectivity index (χ1v) is 12.0. The van der Waals surface area contributed by atoms with Crippen LogP contribution in [0, 0.1) is 5.92 Å². The summed E-state index contributed by atoms with van der Waals surface area (Å²) >= 11 is 3.32. The van der Waals surface area contributed by atoms with Gasteiger partial charge in [-0.25, -0.2) is 8.42 Å². The summed E-state index contributed by atoms with van der Waals surface area (Å²) in [6, 6.07) is 11.9. The summed E-state index contributed by atoms with van der Waals surface area (Å²) in [6.45, 7) is 2.69. The van der Waals surface area contributed by atoms with Gasteiger partial charge < -0.3 is 14.8 Å². The average Bonchev–Trinajstić information content (AvgIpc) is 3.22. The van der Waals surface area contributed by atoms with E-state index in [-0.39, 0.29) is 36.1 Å². The van der Waals surface area contributed by atoms with E-state index in [0.29, 0.717) is 30.9 Å². The summed E-state index contributed by atoms with van der Waals surface area (Å²) in [6.07, 6.45) is 1.30. The first kappa shape index (κ1) is 21.1. The Labute approximate surface area is 184 Å². The highest BCUT2D eigenvalue weighted by Crippen LogP contribution is 2.34. The number of halogens is 1. The van der Waals surface area contributed by atoms with E-state index < -0.39 is 10.0 Å². The number of carbonyl (C=O) groups is 1. The number of rotatable bonds is 5. The molecular weight excluding hydrogens is 472 g/mol. The zero-order chi connectivity index (χ0) is 21.3. The van der Waals surface area contributed by atoms with Gasteiger partial charge in [0.15, 0.2) is 11.5 Å². The van der Waals surface area contributed by atoms with Gasteiger partial charge in [-0.3, -0.25) is 4.79 Å². The van der Waals surface area contributed by atoms with Crippen molar-refractivity contribution in [1.29, 1.82) is 0 Å². The molecule has 160 valence electrons. The molecule has 1 saturated heterocycles. The minimum Gasteiger partial charge on any atom is -0.454 e. The maximum absolute atomic E-state index is 13.0. The van der Waals surface area contributed by atoms with Gasteiger partial charge in [-0.15, -0.1) is 0 Å². The first-order valence-electron chi connectivity index (χ1n) is 9.80. The Morgan fingerprint density at radius 1 is 1.17 bits per heavy atom. The number of sulfonamides is 1. The Bertz CT molecular complexity index is 1040. The molecule has 2 aliphatic heterocycles. The molecule has 30 heavy (non-hydrogen) atoms. The van der Waals surface area contributed by atoms with Crippen LogP contribution in [0.15, 0.2) is 51.8 Å². The predicted molar refractivity (Wildman–Crippen MR) is 115 cm³/mol. The number of carbonyl (C=O) groups excluding carboxylic acids is 1. The zero-order valence-corrected chi connectivity index (χ0v) is 18.9. The monoisotopic (exact) mass is 494 g/mol. The smallest absolute Gasteiger partial charge is 0.243 e. The van der Waals surface area contributed by atoms with Crippen LogP contribution in [0.5, 0.6) is 11.5 Å². The van der Waals surface area contributed by atoms with E-state index in [1.807, 2.05) is 25.1 Å². The van der Waals surface area contributed by atoms with Crippen molar-refractivity contribution in [3.8, 4) is 11.5 Å². The molecule has 0 aromatic heterocycles. The molecule has 2 aromatic rings. The van der Waals surface area contributed by atoms with Crippen molar-refractivity contribution in [2.45, 2.75) is 30.7 Å². The number of piperidine rings is 1. The fraction of sp³-hybridized carbons (Fsp3) is 0.381. The molecule has 1 amide bonds. The second kappa shape index (κ2) is 8.56. The number of hydrogen-bond acceptors (Lipinski definition) is 5. The maximum Gasteiger partial charge on any atom is 0.243 e. The van der Waals surface area contributed by atoms with E-state index >= 15 is 0 Å². The Balaban J connectivity index is 1.42. The van der Waals surface area contributed by atoms with E-state index in [4.69, 9.17) is 9.47 Å². The molecule has 7 nitrogen and oxygen atoms in total. The zero-order valence-electron chi connectivity index (χ0n) is 16.5. The van der Waals surface area contributed by atoms with Crippen molar-refractivity contribution in [1.82, 2.24) is 9.62 Å². The third kappa shape index (κ3) is 4.33. The Morgan fingerprint density at radius 2 is 1.90 bits per heavy atom. The second-order valence-electron chi connectivity index (χ2n) is 7.50. The van der Waals surface area contributed by atoms with Crippen LogP contribution in [-0.2, 0) is 14.8 Å². The number of nitrogens with zero attached hydrogens (tertiary/aromatic N) is 1. The molecule has 2 aromatic carbocycles. The number of hydrogen-bond donors (Lipinski definition) is 1. The number of benzene rings is 2. The molecule has 1 N–H and O–H groups in total. The van der Waals surface area contributed by atoms with Crippen LogP contribution in [0.1, 0.15) is 31.4 Å². The highest BCUT2D eigenvalue weighted by Gasteiger charge is 2.33. The molecule has 2 aliphatic rings. The van der Waals surface area contributed by atoms with Gasteiger partial charge >= 0.3 is 0 Å². The predicted octanol–water partition coefficient (Wildman–Crippen LogP) is 3.46. The van der Waals surface area contributed by atoms with Gasteiger partial charge in [-0.1, -0.05) is 22.0 Å². The van der Waals surface area contributed by atoms with E-state index in [2.05, 4.69) is 21.2 Å². The summed E-state index contributed by atoms with van der Waals surface area (Å²) in [5.74, 6) is 0.827. The summed E-state index contributed by atoms with van der Waals surface area (Å²) < 4.78 is 38.9. The van der Waals surface area contributed by atoms with E-state index in [0.717, 1.165) is 10.0 Å². The molecule has 2 heterocycles. The molecule has 0 unspecified atom stereocenters. The van der Waals surface area contributed by atoms with Crippen molar-refractivity contribution in [2.24, 2.45) is 5.92 Å². The SMILES string of the molecule is C[C@@H](NC(=O)[C@H]1CCCN(S(=O)(=O)c2ccc(Br)cc2)C1)c1ccc2c(c1)OCO2. The highest BCUT2D eigenvalue weighted by atomic mass is 79.9. The topological polar surface area (TPSA) is 84.9 Å². The fourth-order valence-electron chi connectivity index (χ4n) is 3.73. The van der Waals surface area contributed by atoms with Gasteiger partial charge in [-0.05, 0) is 61.7 Å². The Hall–Kier alpha value is -2.10.